The van der Waals surface area contributed by atoms with Crippen molar-refractivity contribution in [3.05, 3.63) is 59.7 Å². The second-order valence-electron chi connectivity index (χ2n) is 10.7. The highest BCUT2D eigenvalue weighted by atomic mass is 16.5. The molecular weight excluding hydrogens is 436 g/mol. The van der Waals surface area contributed by atoms with Gasteiger partial charge >= 0.3 is 0 Å². The Morgan fingerprint density at radius 1 is 1.00 bits per heavy atom. The summed E-state index contributed by atoms with van der Waals surface area (Å²) < 4.78 is 6.22. The Kier molecular flexibility index (Phi) is 6.83. The highest BCUT2D eigenvalue weighted by Crippen LogP contribution is 2.43. The van der Waals surface area contributed by atoms with Crippen LogP contribution in [-0.4, -0.2) is 41.3 Å². The van der Waals surface area contributed by atoms with E-state index in [2.05, 4.69) is 18.7 Å². The van der Waals surface area contributed by atoms with Crippen molar-refractivity contribution in [1.29, 1.82) is 5.41 Å². The van der Waals surface area contributed by atoms with Gasteiger partial charge in [-0.25, -0.2) is 0 Å². The molecule has 6 heteroatoms. The fraction of sp³-hybridized carbons (Fsp3) is 0.517. The third kappa shape index (κ3) is 4.81. The maximum absolute atomic E-state index is 13.9. The van der Waals surface area contributed by atoms with Crippen LogP contribution in [0.2, 0.25) is 0 Å². The molecule has 2 aromatic carbocycles. The van der Waals surface area contributed by atoms with E-state index in [0.717, 1.165) is 42.7 Å². The van der Waals surface area contributed by atoms with E-state index < -0.39 is 6.10 Å². The van der Waals surface area contributed by atoms with Crippen molar-refractivity contribution >= 4 is 17.4 Å². The third-order valence-electron chi connectivity index (χ3n) is 8.36. The zero-order chi connectivity index (χ0) is 24.5. The Morgan fingerprint density at radius 2 is 1.71 bits per heavy atom. The number of rotatable bonds is 5. The van der Waals surface area contributed by atoms with Gasteiger partial charge in [0.05, 0.1) is 5.69 Å². The summed E-state index contributed by atoms with van der Waals surface area (Å²) in [5.41, 5.74) is 7.92. The molecule has 2 aromatic rings. The van der Waals surface area contributed by atoms with Gasteiger partial charge in [-0.05, 0) is 76.5 Å². The Hall–Kier alpha value is -2.86. The van der Waals surface area contributed by atoms with E-state index in [-0.39, 0.29) is 17.8 Å². The quantitative estimate of drug-likeness (QED) is 0.457. The second-order valence-corrected chi connectivity index (χ2v) is 10.7. The van der Waals surface area contributed by atoms with Crippen LogP contribution < -0.4 is 15.4 Å². The lowest BCUT2D eigenvalue weighted by Crippen LogP contribution is -2.50. The minimum atomic E-state index is -0.725. The van der Waals surface area contributed by atoms with Gasteiger partial charge in [-0.2, -0.15) is 0 Å². The molecule has 2 fully saturated rings. The SMILES string of the molecule is C[C@@H]1CCC[C@H](C)N1CC1CCC(N2C(=O)C(c3cccc(C(=N)N)c3)Oc3ccccc32)CC1. The number of carbonyl (C=O) groups excluding carboxylic acids is 1. The molecule has 0 spiro atoms. The second kappa shape index (κ2) is 10.0. The van der Waals surface area contributed by atoms with Crippen molar-refractivity contribution in [2.24, 2.45) is 11.7 Å². The van der Waals surface area contributed by atoms with Gasteiger partial charge in [0, 0.05) is 35.8 Å². The molecular formula is C29H38N4O2. The van der Waals surface area contributed by atoms with Gasteiger partial charge < -0.3 is 15.4 Å². The number of anilines is 1. The van der Waals surface area contributed by atoms with Crippen LogP contribution in [0.25, 0.3) is 0 Å². The minimum absolute atomic E-state index is 0.0111. The van der Waals surface area contributed by atoms with Crippen LogP contribution in [-0.2, 0) is 4.79 Å². The van der Waals surface area contributed by atoms with Crippen molar-refractivity contribution in [3.8, 4) is 5.75 Å². The van der Waals surface area contributed by atoms with E-state index in [4.69, 9.17) is 15.9 Å². The molecule has 186 valence electrons. The summed E-state index contributed by atoms with van der Waals surface area (Å²) in [6.45, 7) is 5.95. The normalized spacial score (nSPS) is 29.4. The molecule has 6 nitrogen and oxygen atoms in total. The van der Waals surface area contributed by atoms with Crippen LogP contribution in [0, 0.1) is 11.3 Å². The first-order valence-electron chi connectivity index (χ1n) is 13.2. The smallest absolute Gasteiger partial charge is 0.273 e. The molecule has 3 aliphatic rings. The fourth-order valence-corrected chi connectivity index (χ4v) is 6.35. The molecule has 5 rings (SSSR count). The average Bonchev–Trinajstić information content (AvgIpc) is 2.86. The van der Waals surface area contributed by atoms with Crippen molar-refractivity contribution in [1.82, 2.24) is 4.90 Å². The number of hydrogen-bond donors (Lipinski definition) is 2. The number of nitrogen functional groups attached to an aromatic ring is 1. The molecule has 1 saturated carbocycles. The van der Waals surface area contributed by atoms with E-state index in [1.165, 1.54) is 25.8 Å². The Morgan fingerprint density at radius 3 is 2.43 bits per heavy atom. The lowest BCUT2D eigenvalue weighted by atomic mass is 9.83. The highest BCUT2D eigenvalue weighted by Gasteiger charge is 2.40. The number of hydrogen-bond acceptors (Lipinski definition) is 4. The van der Waals surface area contributed by atoms with Gasteiger partial charge in [-0.15, -0.1) is 0 Å². The van der Waals surface area contributed by atoms with E-state index in [1.54, 1.807) is 12.1 Å². The maximum atomic E-state index is 13.9. The highest BCUT2D eigenvalue weighted by molar-refractivity contribution is 6.01. The summed E-state index contributed by atoms with van der Waals surface area (Å²) in [6.07, 6.45) is 7.58. The Bertz CT molecular complexity index is 1070. The van der Waals surface area contributed by atoms with Crippen LogP contribution in [0.5, 0.6) is 5.75 Å². The molecule has 0 radical (unpaired) electrons. The Balaban J connectivity index is 1.34. The number of nitrogens with zero attached hydrogens (tertiary/aromatic N) is 2. The van der Waals surface area contributed by atoms with E-state index in [0.29, 0.717) is 23.6 Å². The molecule has 3 N–H and O–H groups in total. The number of amides is 1. The van der Waals surface area contributed by atoms with Gasteiger partial charge in [0.15, 0.2) is 0 Å². The summed E-state index contributed by atoms with van der Waals surface area (Å²) in [5.74, 6) is 1.40. The van der Waals surface area contributed by atoms with Gasteiger partial charge in [0.2, 0.25) is 6.10 Å². The van der Waals surface area contributed by atoms with E-state index >= 15 is 0 Å². The Labute approximate surface area is 208 Å². The maximum Gasteiger partial charge on any atom is 0.273 e. The van der Waals surface area contributed by atoms with E-state index in [9.17, 15) is 4.79 Å². The number of nitrogens with one attached hydrogen (secondary N) is 1. The summed E-state index contributed by atoms with van der Waals surface area (Å²) in [5, 5.41) is 7.79. The molecule has 1 unspecified atom stereocenters. The van der Waals surface area contributed by atoms with Crippen molar-refractivity contribution < 1.29 is 9.53 Å². The third-order valence-corrected chi connectivity index (χ3v) is 8.36. The van der Waals surface area contributed by atoms with Crippen molar-refractivity contribution in [2.45, 2.75) is 83.0 Å². The monoisotopic (exact) mass is 474 g/mol. The molecule has 1 amide bonds. The van der Waals surface area contributed by atoms with Crippen molar-refractivity contribution in [2.75, 3.05) is 11.4 Å². The fourth-order valence-electron chi connectivity index (χ4n) is 6.35. The van der Waals surface area contributed by atoms with Crippen LogP contribution in [0.4, 0.5) is 5.69 Å². The lowest BCUT2D eigenvalue weighted by molar-refractivity contribution is -0.127. The number of likely N-dealkylation sites (tertiary alicyclic amines) is 1. The molecule has 3 atom stereocenters. The lowest BCUT2D eigenvalue weighted by Gasteiger charge is -2.44. The van der Waals surface area contributed by atoms with Gasteiger partial charge in [-0.3, -0.25) is 15.1 Å². The topological polar surface area (TPSA) is 82.7 Å². The summed E-state index contributed by atoms with van der Waals surface area (Å²) in [6, 6.07) is 16.7. The first kappa shape index (κ1) is 23.9. The largest absolute Gasteiger partial charge is 0.474 e. The van der Waals surface area contributed by atoms with Gasteiger partial charge in [0.25, 0.3) is 5.91 Å². The summed E-state index contributed by atoms with van der Waals surface area (Å²) in [4.78, 5) is 18.6. The number of para-hydroxylation sites is 2. The first-order chi connectivity index (χ1) is 16.9. The van der Waals surface area contributed by atoms with Crippen molar-refractivity contribution in [3.63, 3.8) is 0 Å². The van der Waals surface area contributed by atoms with Crippen LogP contribution >= 0.6 is 0 Å². The number of fused-ring (bicyclic) bond motifs is 1. The van der Waals surface area contributed by atoms with Gasteiger partial charge in [0.1, 0.15) is 11.6 Å². The summed E-state index contributed by atoms with van der Waals surface area (Å²) in [7, 11) is 0. The number of piperidine rings is 1. The molecule has 1 saturated heterocycles. The van der Waals surface area contributed by atoms with Crippen LogP contribution in [0.3, 0.4) is 0 Å². The zero-order valence-corrected chi connectivity index (χ0v) is 21.0. The average molecular weight is 475 g/mol. The predicted octanol–water partition coefficient (Wildman–Crippen LogP) is 5.26. The zero-order valence-electron chi connectivity index (χ0n) is 21.0. The number of carbonyl (C=O) groups is 1. The van der Waals surface area contributed by atoms with E-state index in [1.807, 2.05) is 41.3 Å². The molecule has 0 bridgehead atoms. The number of ether oxygens (including phenoxy) is 1. The molecule has 0 aromatic heterocycles. The first-order valence-corrected chi connectivity index (χ1v) is 13.2. The summed E-state index contributed by atoms with van der Waals surface area (Å²) >= 11 is 0. The molecule has 35 heavy (non-hydrogen) atoms. The number of benzene rings is 2. The molecule has 1 aliphatic carbocycles. The van der Waals surface area contributed by atoms with Crippen LogP contribution in [0.1, 0.15) is 76.0 Å². The van der Waals surface area contributed by atoms with Crippen LogP contribution in [0.15, 0.2) is 48.5 Å². The number of amidine groups is 1. The molecule has 2 aliphatic heterocycles. The number of nitrogens with two attached hydrogens (primary N) is 1. The molecule has 2 heterocycles. The standard InChI is InChI=1S/C29H38N4O2/c1-19-7-5-8-20(2)32(19)18-21-13-15-24(16-14-21)33-25-11-3-4-12-26(25)35-27(29(33)34)22-9-6-10-23(17-22)28(30)31/h3-4,6,9-12,17,19-21,24,27H,5,7-8,13-16,18H2,1-2H3,(H3,30,31)/t19-,20+,21?,24?,27?. The minimum Gasteiger partial charge on any atom is -0.474 e. The van der Waals surface area contributed by atoms with Gasteiger partial charge in [-0.1, -0.05) is 36.8 Å². The predicted molar refractivity (Wildman–Crippen MR) is 140 cm³/mol.